The second-order valence-electron chi connectivity index (χ2n) is 25.5. The van der Waals surface area contributed by atoms with E-state index < -0.39 is 0 Å². The fourth-order valence-corrected chi connectivity index (χ4v) is 12.8. The van der Waals surface area contributed by atoms with Gasteiger partial charge in [0.25, 0.3) is 0 Å². The van der Waals surface area contributed by atoms with Crippen LogP contribution < -0.4 is 32.8 Å². The molecule has 4 heterocycles. The Kier molecular flexibility index (Phi) is 9.49. The van der Waals surface area contributed by atoms with Gasteiger partial charge in [0.1, 0.15) is 0 Å². The summed E-state index contributed by atoms with van der Waals surface area (Å²) >= 11 is 0. The summed E-state index contributed by atoms with van der Waals surface area (Å²) in [6.07, 6.45) is 0. The second-order valence-corrected chi connectivity index (χ2v) is 25.5. The van der Waals surface area contributed by atoms with Gasteiger partial charge in [0, 0.05) is 44.0 Å². The molecule has 0 atom stereocenters. The highest BCUT2D eigenvalue weighted by Crippen LogP contribution is 2.42. The number of nitrogens with zero attached hydrogens (tertiary/aromatic N) is 2. The fourth-order valence-electron chi connectivity index (χ4n) is 12.8. The third-order valence-corrected chi connectivity index (χ3v) is 16.2. The van der Waals surface area contributed by atoms with E-state index in [0.29, 0.717) is 0 Å². The van der Waals surface area contributed by atoms with E-state index in [1.165, 1.54) is 143 Å². The van der Waals surface area contributed by atoms with Gasteiger partial charge in [0.15, 0.2) is 0 Å². The molecule has 0 saturated carbocycles. The number of rotatable bonds is 2. The zero-order valence-corrected chi connectivity index (χ0v) is 44.3. The Morgan fingerprint density at radius 1 is 0.324 bits per heavy atom. The Morgan fingerprint density at radius 3 is 0.971 bits per heavy atom. The van der Waals surface area contributed by atoms with Gasteiger partial charge in [-0.05, 0) is 150 Å². The molecule has 2 aliphatic heterocycles. The van der Waals surface area contributed by atoms with Crippen LogP contribution in [0.2, 0.25) is 0 Å². The van der Waals surface area contributed by atoms with Gasteiger partial charge in [-0.15, -0.1) is 0 Å². The minimum Gasteiger partial charge on any atom is -0.310 e. The van der Waals surface area contributed by atoms with Crippen molar-refractivity contribution in [2.24, 2.45) is 0 Å². The normalized spacial score (nSPS) is 14.0. The molecule has 0 aliphatic carbocycles. The molecule has 0 N–H and O–H groups in total. The molecule has 0 amide bonds. The maximum atomic E-state index is 2.71. The van der Waals surface area contributed by atoms with E-state index in [0.717, 1.165) is 0 Å². The highest BCUT2D eigenvalue weighted by Gasteiger charge is 2.42. The van der Waals surface area contributed by atoms with Crippen molar-refractivity contribution < 1.29 is 0 Å². The van der Waals surface area contributed by atoms with Gasteiger partial charge in [-0.1, -0.05) is 182 Å². The molecule has 2 aliphatic rings. The van der Waals surface area contributed by atoms with Gasteiger partial charge in [0.05, 0.1) is 11.0 Å². The summed E-state index contributed by atoms with van der Waals surface area (Å²) in [7, 11) is 0. The van der Waals surface area contributed by atoms with Crippen LogP contribution in [0.25, 0.3) is 55.0 Å². The Hall–Kier alpha value is -5.73. The number of hydrogen-bond acceptors (Lipinski definition) is 0. The second kappa shape index (κ2) is 14.4. The minimum atomic E-state index is -0.0490. The van der Waals surface area contributed by atoms with Crippen molar-refractivity contribution in [3.8, 4) is 11.4 Å². The molecule has 0 saturated heterocycles. The molecule has 2 nitrogen and oxygen atoms in total. The van der Waals surface area contributed by atoms with Gasteiger partial charge in [-0.3, -0.25) is 0 Å². The lowest BCUT2D eigenvalue weighted by Crippen LogP contribution is -2.62. The van der Waals surface area contributed by atoms with Crippen LogP contribution in [0.3, 0.4) is 0 Å². The lowest BCUT2D eigenvalue weighted by Gasteiger charge is -2.35. The van der Waals surface area contributed by atoms with Crippen LogP contribution >= 0.6 is 0 Å². The molecule has 0 radical (unpaired) electrons. The van der Waals surface area contributed by atoms with E-state index in [2.05, 4.69) is 231 Å². The summed E-state index contributed by atoms with van der Waals surface area (Å²) in [5.41, 5.74) is 29.8. The predicted octanol–water partition coefficient (Wildman–Crippen LogP) is 12.6. The molecule has 0 spiro atoms. The Morgan fingerprint density at radius 2 is 0.647 bits per heavy atom. The van der Waals surface area contributed by atoms with Crippen LogP contribution in [-0.4, -0.2) is 22.6 Å². The highest BCUT2D eigenvalue weighted by molar-refractivity contribution is 7.01. The first kappa shape index (κ1) is 44.8. The van der Waals surface area contributed by atoms with Crippen LogP contribution in [0.5, 0.6) is 0 Å². The van der Waals surface area contributed by atoms with E-state index in [1.54, 1.807) is 0 Å². The van der Waals surface area contributed by atoms with Crippen molar-refractivity contribution in [3.05, 3.63) is 153 Å². The summed E-state index contributed by atoms with van der Waals surface area (Å²) < 4.78 is 5.36. The standard InChI is InChI=1S/C64H70B2N2/c1-35-23-37(3)57(38(4)24-35)65-49-33-50-56(34-55(49)67-53-21-19-41(61(7,8)9)27-45(53)47-29-43(63(13,14)15)31-51(65)59(47)67)68-54-22-20-42(62(10,11)12)28-46(54)48-30-44(64(16,17)18)32-52(60(48)68)66(50)58-39(5)25-36(2)26-40(58)6/h19-34H,1-18H3. The van der Waals surface area contributed by atoms with Gasteiger partial charge < -0.3 is 9.13 Å². The topological polar surface area (TPSA) is 9.86 Å². The maximum Gasteiger partial charge on any atom is 0.247 e. The first-order valence-electron chi connectivity index (χ1n) is 25.3. The fraction of sp³-hybridized carbons (Fsp3) is 0.344. The zero-order chi connectivity index (χ0) is 48.6. The number of aryl methyl sites for hydroxylation is 6. The first-order valence-corrected chi connectivity index (χ1v) is 25.3. The summed E-state index contributed by atoms with van der Waals surface area (Å²) in [6, 6.07) is 40.0. The third kappa shape index (κ3) is 6.52. The van der Waals surface area contributed by atoms with Gasteiger partial charge in [0.2, 0.25) is 13.4 Å². The number of hydrogen-bond donors (Lipinski definition) is 0. The molecular weight excluding hydrogens is 818 g/mol. The van der Waals surface area contributed by atoms with E-state index in [4.69, 9.17) is 0 Å². The summed E-state index contributed by atoms with van der Waals surface area (Å²) in [6.45, 7) is 42.4. The minimum absolute atomic E-state index is 0.0120. The van der Waals surface area contributed by atoms with Gasteiger partial charge >= 0.3 is 0 Å². The van der Waals surface area contributed by atoms with Crippen LogP contribution in [0.1, 0.15) is 139 Å². The van der Waals surface area contributed by atoms with Crippen molar-refractivity contribution in [1.29, 1.82) is 0 Å². The van der Waals surface area contributed by atoms with E-state index in [1.807, 2.05) is 0 Å². The first-order chi connectivity index (χ1) is 31.7. The average Bonchev–Trinajstić information content (AvgIpc) is 3.74. The quantitative estimate of drug-likeness (QED) is 0.153. The van der Waals surface area contributed by atoms with Crippen LogP contribution in [0.15, 0.2) is 97.1 Å². The molecule has 7 aromatic carbocycles. The Bertz CT molecular complexity index is 3390. The average molecular weight is 889 g/mol. The zero-order valence-electron chi connectivity index (χ0n) is 44.3. The Labute approximate surface area is 407 Å². The summed E-state index contributed by atoms with van der Waals surface area (Å²) in [4.78, 5) is 0. The van der Waals surface area contributed by atoms with E-state index >= 15 is 0 Å². The summed E-state index contributed by atoms with van der Waals surface area (Å²) in [5.74, 6) is 0. The molecule has 2 aromatic heterocycles. The van der Waals surface area contributed by atoms with Crippen LogP contribution in [0.4, 0.5) is 0 Å². The smallest absolute Gasteiger partial charge is 0.247 e. The van der Waals surface area contributed by atoms with Crippen molar-refractivity contribution in [2.75, 3.05) is 0 Å². The van der Waals surface area contributed by atoms with Crippen molar-refractivity contribution in [2.45, 2.75) is 146 Å². The van der Waals surface area contributed by atoms with Gasteiger partial charge in [-0.25, -0.2) is 0 Å². The molecule has 9 aromatic rings. The third-order valence-electron chi connectivity index (χ3n) is 16.2. The number of aromatic nitrogens is 2. The predicted molar refractivity (Wildman–Crippen MR) is 301 cm³/mol. The lowest BCUT2D eigenvalue weighted by molar-refractivity contribution is 0.590. The van der Waals surface area contributed by atoms with Crippen molar-refractivity contribution in [3.63, 3.8) is 0 Å². The van der Waals surface area contributed by atoms with E-state index in [-0.39, 0.29) is 35.1 Å². The van der Waals surface area contributed by atoms with Crippen molar-refractivity contribution >= 4 is 89.8 Å². The van der Waals surface area contributed by atoms with Gasteiger partial charge in [-0.2, -0.15) is 0 Å². The van der Waals surface area contributed by atoms with Crippen molar-refractivity contribution in [1.82, 2.24) is 9.13 Å². The monoisotopic (exact) mass is 889 g/mol. The maximum absolute atomic E-state index is 2.71. The molecule has 0 fully saturated rings. The molecule has 0 bridgehead atoms. The summed E-state index contributed by atoms with van der Waals surface area (Å²) in [5, 5.41) is 5.40. The van der Waals surface area contributed by atoms with Crippen LogP contribution in [0, 0.1) is 41.5 Å². The lowest BCUT2D eigenvalue weighted by atomic mass is 9.31. The number of fused-ring (bicyclic) bond motifs is 10. The molecule has 0 unspecified atom stereocenters. The van der Waals surface area contributed by atoms with Crippen LogP contribution in [-0.2, 0) is 21.7 Å². The Balaban J connectivity index is 1.38. The highest BCUT2D eigenvalue weighted by atomic mass is 15.0. The molecule has 342 valence electrons. The van der Waals surface area contributed by atoms with E-state index in [9.17, 15) is 0 Å². The SMILES string of the molecule is Cc1cc(C)c(B2c3cc4c(cc3-n3c5ccc(C(C)(C)C)cc5c5cc(C(C)(C)C)cc2c53)-n2c3ccc(C(C)(C)C)cc3c3cc(C(C)(C)C)cc(c32)B4c2c(C)cc(C)cc2C)c(C)c1. The molecule has 4 heteroatoms. The largest absolute Gasteiger partial charge is 0.310 e. The molecular formula is C64H70B2N2. The molecule has 68 heavy (non-hydrogen) atoms. The number of benzene rings is 7. The molecule has 11 rings (SSSR count).